The molecule has 2 aliphatic heterocycles. The van der Waals surface area contributed by atoms with Crippen LogP contribution in [-0.4, -0.2) is 21.0 Å². The van der Waals surface area contributed by atoms with E-state index < -0.39 is 27.0 Å². The maximum absolute atomic E-state index is 13.0. The number of sulfonamides is 1. The molecule has 4 rings (SSSR count). The molecule has 154 valence electrons. The van der Waals surface area contributed by atoms with Gasteiger partial charge in [0, 0.05) is 23.7 Å². The van der Waals surface area contributed by atoms with Crippen LogP contribution in [0.15, 0.2) is 82.5 Å². The Bertz CT molecular complexity index is 1250. The molecule has 2 aromatic carbocycles. The highest BCUT2D eigenvalue weighted by Crippen LogP contribution is 2.41. The first-order valence-electron chi connectivity index (χ1n) is 8.58. The van der Waals surface area contributed by atoms with E-state index in [1.807, 2.05) is 29.2 Å². The Labute approximate surface area is 170 Å². The van der Waals surface area contributed by atoms with Gasteiger partial charge in [-0.25, -0.2) is 13.6 Å². The van der Waals surface area contributed by atoms with Crippen molar-refractivity contribution in [1.82, 2.24) is 0 Å². The van der Waals surface area contributed by atoms with E-state index in [1.54, 1.807) is 30.6 Å². The molecule has 0 atom stereocenters. The van der Waals surface area contributed by atoms with Gasteiger partial charge in [-0.1, -0.05) is 24.3 Å². The fraction of sp³-hybridized carbons (Fsp3) is 0.0500. The highest BCUT2D eigenvalue weighted by Gasteiger charge is 2.35. The zero-order valence-corrected chi connectivity index (χ0v) is 16.0. The van der Waals surface area contributed by atoms with Crippen molar-refractivity contribution < 1.29 is 26.3 Å². The molecule has 0 saturated carbocycles. The molecular weight excluding hydrogens is 419 g/mol. The molecule has 0 amide bonds. The number of hydrogen-bond donors (Lipinski definition) is 1. The lowest BCUT2D eigenvalue weighted by Gasteiger charge is -2.26. The maximum Gasteiger partial charge on any atom is 0.573 e. The van der Waals surface area contributed by atoms with Gasteiger partial charge in [0.1, 0.15) is 4.90 Å². The number of fused-ring (bicyclic) bond motifs is 3. The Morgan fingerprint density at radius 2 is 1.83 bits per heavy atom. The molecule has 2 heterocycles. The first-order chi connectivity index (χ1) is 14.1. The van der Waals surface area contributed by atoms with Crippen molar-refractivity contribution in [3.63, 3.8) is 0 Å². The summed E-state index contributed by atoms with van der Waals surface area (Å²) in [6.07, 6.45) is 3.00. The van der Waals surface area contributed by atoms with Gasteiger partial charge in [-0.05, 0) is 42.0 Å². The normalized spacial score (nSPS) is 15.7. The number of primary sulfonamides is 1. The fourth-order valence-corrected chi connectivity index (χ4v) is 3.87. The number of anilines is 1. The third kappa shape index (κ3) is 3.87. The lowest BCUT2D eigenvalue weighted by atomic mass is 10.0. The molecule has 10 heteroatoms. The van der Waals surface area contributed by atoms with Gasteiger partial charge in [-0.15, -0.1) is 13.2 Å². The number of aliphatic imine (C=N–C) groups is 1. The molecule has 30 heavy (non-hydrogen) atoms. The zero-order valence-electron chi connectivity index (χ0n) is 15.2. The summed E-state index contributed by atoms with van der Waals surface area (Å²) in [6.45, 7) is 0. The Hall–Kier alpha value is -3.37. The van der Waals surface area contributed by atoms with Crippen LogP contribution in [0.5, 0.6) is 5.75 Å². The Morgan fingerprint density at radius 3 is 2.57 bits per heavy atom. The average Bonchev–Trinajstić information content (AvgIpc) is 2.85. The smallest absolute Gasteiger partial charge is 0.404 e. The summed E-state index contributed by atoms with van der Waals surface area (Å²) in [5, 5.41) is 5.11. The van der Waals surface area contributed by atoms with Gasteiger partial charge in [0.25, 0.3) is 0 Å². The molecule has 2 aromatic rings. The summed E-state index contributed by atoms with van der Waals surface area (Å²) in [6, 6.07) is 11.0. The van der Waals surface area contributed by atoms with Crippen LogP contribution in [0.4, 0.5) is 24.5 Å². The maximum atomic E-state index is 13.0. The second-order valence-corrected chi connectivity index (χ2v) is 7.90. The van der Waals surface area contributed by atoms with Crippen LogP contribution in [-0.2, 0) is 10.0 Å². The third-order valence-electron chi connectivity index (χ3n) is 4.40. The van der Waals surface area contributed by atoms with E-state index in [4.69, 9.17) is 5.14 Å². The average molecular weight is 433 g/mol. The lowest BCUT2D eigenvalue weighted by molar-refractivity contribution is -0.275. The van der Waals surface area contributed by atoms with Crippen LogP contribution >= 0.6 is 0 Å². The molecule has 0 bridgehead atoms. The van der Waals surface area contributed by atoms with Crippen molar-refractivity contribution in [2.75, 3.05) is 4.90 Å². The number of nitrogens with zero attached hydrogens (tertiary/aromatic N) is 2. The summed E-state index contributed by atoms with van der Waals surface area (Å²) >= 11 is 0. The van der Waals surface area contributed by atoms with Crippen LogP contribution in [0.2, 0.25) is 0 Å². The minimum absolute atomic E-state index is 0.0647. The number of hydrogen-bond acceptors (Lipinski definition) is 5. The predicted molar refractivity (Wildman–Crippen MR) is 107 cm³/mol. The van der Waals surface area contributed by atoms with Crippen LogP contribution in [0.3, 0.4) is 0 Å². The van der Waals surface area contributed by atoms with E-state index in [-0.39, 0.29) is 5.56 Å². The number of halogens is 3. The van der Waals surface area contributed by atoms with Gasteiger partial charge in [0.05, 0.1) is 11.4 Å². The first-order valence-corrected chi connectivity index (χ1v) is 10.1. The van der Waals surface area contributed by atoms with Gasteiger partial charge in [0.2, 0.25) is 10.0 Å². The number of alkyl halides is 3. The quantitative estimate of drug-likeness (QED) is 0.784. The van der Waals surface area contributed by atoms with Gasteiger partial charge in [0.15, 0.2) is 5.75 Å². The van der Waals surface area contributed by atoms with Crippen molar-refractivity contribution in [3.8, 4) is 5.75 Å². The monoisotopic (exact) mass is 433 g/mol. The summed E-state index contributed by atoms with van der Waals surface area (Å²) in [5.74, 6) is -0.875. The van der Waals surface area contributed by atoms with E-state index >= 15 is 0 Å². The van der Waals surface area contributed by atoms with Crippen LogP contribution in [0.1, 0.15) is 5.56 Å². The molecule has 2 aliphatic rings. The Kier molecular flexibility index (Phi) is 4.75. The fourth-order valence-electron chi connectivity index (χ4n) is 3.19. The summed E-state index contributed by atoms with van der Waals surface area (Å²) < 4.78 is 66.8. The van der Waals surface area contributed by atoms with Gasteiger partial charge < -0.3 is 9.64 Å². The Morgan fingerprint density at radius 1 is 1.07 bits per heavy atom. The lowest BCUT2D eigenvalue weighted by Crippen LogP contribution is -2.22. The van der Waals surface area contributed by atoms with E-state index in [1.165, 1.54) is 12.1 Å². The zero-order chi connectivity index (χ0) is 21.5. The molecule has 0 aromatic heterocycles. The molecule has 0 saturated heterocycles. The van der Waals surface area contributed by atoms with Crippen LogP contribution in [0.25, 0.3) is 5.57 Å². The topological polar surface area (TPSA) is 85.0 Å². The largest absolute Gasteiger partial charge is 0.573 e. The number of para-hydroxylation sites is 3. The van der Waals surface area contributed by atoms with Crippen molar-refractivity contribution in [1.29, 1.82) is 0 Å². The second-order valence-electron chi connectivity index (χ2n) is 6.37. The highest BCUT2D eigenvalue weighted by molar-refractivity contribution is 7.89. The van der Waals surface area contributed by atoms with Gasteiger partial charge >= 0.3 is 6.36 Å². The van der Waals surface area contributed by atoms with Crippen LogP contribution in [0, 0.1) is 0 Å². The van der Waals surface area contributed by atoms with Crippen molar-refractivity contribution in [3.05, 3.63) is 78.2 Å². The summed E-state index contributed by atoms with van der Waals surface area (Å²) in [7, 11) is -4.46. The van der Waals surface area contributed by atoms with E-state index in [0.717, 1.165) is 17.4 Å². The standard InChI is InChI=1S/C20H14F3N3O3S/c21-20(22,23)29-19-15(4-3-7-18(19)30(24,27)28)13-9-11-26-14(12-13)8-10-25-16-5-1-2-6-17(16)26/h1-12H,(H2,24,27,28). The molecule has 0 spiro atoms. The molecule has 6 nitrogen and oxygen atoms in total. The molecule has 0 aliphatic carbocycles. The van der Waals surface area contributed by atoms with Gasteiger partial charge in [-0.3, -0.25) is 4.99 Å². The number of nitrogens with two attached hydrogens (primary N) is 1. The van der Waals surface area contributed by atoms with E-state index in [9.17, 15) is 21.6 Å². The summed E-state index contributed by atoms with van der Waals surface area (Å²) in [5.41, 5.74) is 2.39. The summed E-state index contributed by atoms with van der Waals surface area (Å²) in [4.78, 5) is 5.41. The minimum atomic E-state index is -5.10. The number of allylic oxidation sites excluding steroid dienone is 4. The molecule has 0 fully saturated rings. The molecular formula is C20H14F3N3O3S. The van der Waals surface area contributed by atoms with E-state index in [2.05, 4.69) is 9.73 Å². The second kappa shape index (κ2) is 7.15. The number of benzene rings is 2. The number of ether oxygens (including phenoxy) is 1. The van der Waals surface area contributed by atoms with Crippen molar-refractivity contribution in [2.24, 2.45) is 10.1 Å². The first kappa shape index (κ1) is 19.9. The third-order valence-corrected chi connectivity index (χ3v) is 5.33. The minimum Gasteiger partial charge on any atom is -0.404 e. The SMILES string of the molecule is NS(=O)(=O)c1cccc(C2=CC3=CC=Nc4ccccc4N3C=C2)c1OC(F)(F)F. The van der Waals surface area contributed by atoms with Crippen LogP contribution < -0.4 is 14.8 Å². The molecule has 0 unspecified atom stereocenters. The predicted octanol–water partition coefficient (Wildman–Crippen LogP) is 4.25. The highest BCUT2D eigenvalue weighted by atomic mass is 32.2. The number of rotatable bonds is 3. The molecule has 0 radical (unpaired) electrons. The molecule has 2 N–H and O–H groups in total. The van der Waals surface area contributed by atoms with Crippen molar-refractivity contribution >= 4 is 33.2 Å². The Balaban J connectivity index is 1.84. The van der Waals surface area contributed by atoms with Crippen molar-refractivity contribution in [2.45, 2.75) is 11.3 Å². The van der Waals surface area contributed by atoms with Gasteiger partial charge in [-0.2, -0.15) is 0 Å². The van der Waals surface area contributed by atoms with E-state index in [0.29, 0.717) is 11.3 Å².